The molecule has 1 fully saturated rings. The van der Waals surface area contributed by atoms with Gasteiger partial charge in [0.1, 0.15) is 5.82 Å². The average Bonchev–Trinajstić information content (AvgIpc) is 3.17. The van der Waals surface area contributed by atoms with E-state index in [1.54, 1.807) is 41.3 Å². The smallest absolute Gasteiger partial charge is 0.191 e. The van der Waals surface area contributed by atoms with E-state index in [-0.39, 0.29) is 5.82 Å². The topological polar surface area (TPSA) is 39.9 Å². The van der Waals surface area contributed by atoms with E-state index in [1.807, 2.05) is 0 Å². The van der Waals surface area contributed by atoms with Crippen molar-refractivity contribution in [2.75, 3.05) is 12.4 Å². The Morgan fingerprint density at radius 2 is 2.08 bits per heavy atom. The van der Waals surface area contributed by atoms with Gasteiger partial charge in [0.15, 0.2) is 16.7 Å². The van der Waals surface area contributed by atoms with E-state index in [0.717, 1.165) is 17.4 Å². The van der Waals surface area contributed by atoms with Crippen LogP contribution < -0.4 is 4.74 Å². The van der Waals surface area contributed by atoms with E-state index in [0.29, 0.717) is 24.2 Å². The molecule has 1 aromatic carbocycles. The highest BCUT2D eigenvalue weighted by molar-refractivity contribution is 7.99. The highest BCUT2D eigenvalue weighted by atomic mass is 32.2. The van der Waals surface area contributed by atoms with Crippen molar-refractivity contribution in [3.63, 3.8) is 0 Å². The number of ether oxygens (including phenoxy) is 1. The molecule has 0 atom stereocenters. The first kappa shape index (κ1) is 16.6. The highest BCUT2D eigenvalue weighted by Crippen LogP contribution is 2.39. The Morgan fingerprint density at radius 1 is 1.20 bits per heavy atom. The van der Waals surface area contributed by atoms with Gasteiger partial charge in [-0.1, -0.05) is 30.0 Å². The molecule has 2 aromatic heterocycles. The second kappa shape index (κ2) is 7.58. The van der Waals surface area contributed by atoms with Crippen molar-refractivity contribution in [1.82, 2.24) is 14.8 Å². The molecule has 0 bridgehead atoms. The summed E-state index contributed by atoms with van der Waals surface area (Å²) in [5.74, 6) is 1.71. The predicted molar refractivity (Wildman–Crippen MR) is 98.0 cm³/mol. The van der Waals surface area contributed by atoms with Crippen molar-refractivity contribution in [3.8, 4) is 5.75 Å². The minimum Gasteiger partial charge on any atom is -0.490 e. The second-order valence-corrected chi connectivity index (χ2v) is 7.98. The molecule has 130 valence electrons. The fraction of sp³-hybridized carbons (Fsp3) is 0.333. The minimum absolute atomic E-state index is 0.296. The molecule has 4 nitrogen and oxygen atoms in total. The first-order valence-electron chi connectivity index (χ1n) is 8.27. The highest BCUT2D eigenvalue weighted by Gasteiger charge is 2.29. The van der Waals surface area contributed by atoms with Crippen molar-refractivity contribution < 1.29 is 9.13 Å². The van der Waals surface area contributed by atoms with Crippen LogP contribution in [-0.2, 0) is 6.42 Å². The number of halogens is 1. The van der Waals surface area contributed by atoms with Gasteiger partial charge in [-0.2, -0.15) is 0 Å². The van der Waals surface area contributed by atoms with Crippen molar-refractivity contribution in [1.29, 1.82) is 0 Å². The lowest BCUT2D eigenvalue weighted by atomic mass is 10.3. The molecule has 0 unspecified atom stereocenters. The van der Waals surface area contributed by atoms with Crippen LogP contribution in [-0.4, -0.2) is 27.1 Å². The normalized spacial score (nSPS) is 14.0. The maximum absolute atomic E-state index is 13.5. The van der Waals surface area contributed by atoms with Crippen LogP contribution in [0.25, 0.3) is 0 Å². The number of hydrogen-bond acceptors (Lipinski definition) is 5. The number of rotatable bonds is 8. The van der Waals surface area contributed by atoms with Crippen LogP contribution in [0, 0.1) is 5.82 Å². The quantitative estimate of drug-likeness (QED) is 0.427. The van der Waals surface area contributed by atoms with Crippen molar-refractivity contribution in [2.45, 2.75) is 30.5 Å². The Morgan fingerprint density at radius 3 is 2.84 bits per heavy atom. The number of para-hydroxylation sites is 1. The van der Waals surface area contributed by atoms with Crippen LogP contribution in [0.15, 0.2) is 46.9 Å². The summed E-state index contributed by atoms with van der Waals surface area (Å²) in [6.45, 7) is 0.434. The lowest BCUT2D eigenvalue weighted by Gasteiger charge is -2.09. The molecular weight excluding hydrogens is 357 g/mol. The van der Waals surface area contributed by atoms with Crippen molar-refractivity contribution >= 4 is 23.1 Å². The SMILES string of the molecule is Fc1ccccc1OCCSc1nnc(Cc2cccs2)n1C1CC1. The number of aromatic nitrogens is 3. The molecule has 3 aromatic rings. The summed E-state index contributed by atoms with van der Waals surface area (Å²) in [5.41, 5.74) is 0. The fourth-order valence-electron chi connectivity index (χ4n) is 2.64. The van der Waals surface area contributed by atoms with E-state index < -0.39 is 0 Å². The summed E-state index contributed by atoms with van der Waals surface area (Å²) in [6.07, 6.45) is 3.21. The van der Waals surface area contributed by atoms with E-state index in [9.17, 15) is 4.39 Å². The third-order valence-corrected chi connectivity index (χ3v) is 5.75. The lowest BCUT2D eigenvalue weighted by molar-refractivity contribution is 0.324. The summed E-state index contributed by atoms with van der Waals surface area (Å²) in [7, 11) is 0. The number of thiophene rings is 1. The van der Waals surface area contributed by atoms with Crippen LogP contribution in [0.2, 0.25) is 0 Å². The summed E-state index contributed by atoms with van der Waals surface area (Å²) in [6, 6.07) is 11.2. The van der Waals surface area contributed by atoms with Gasteiger partial charge in [0.05, 0.1) is 6.61 Å². The molecule has 4 rings (SSSR count). The summed E-state index contributed by atoms with van der Waals surface area (Å²) in [5, 5.41) is 11.8. The predicted octanol–water partition coefficient (Wildman–Crippen LogP) is 4.58. The standard InChI is InChI=1S/C18H18FN3OS2/c19-15-5-1-2-6-16(15)23-9-11-25-18-21-20-17(22(18)13-7-8-13)12-14-4-3-10-24-14/h1-6,10,13H,7-9,11-12H2. The van der Waals surface area contributed by atoms with Gasteiger partial charge in [-0.3, -0.25) is 0 Å². The van der Waals surface area contributed by atoms with Crippen LogP contribution >= 0.6 is 23.1 Å². The fourth-order valence-corrected chi connectivity index (χ4v) is 4.18. The van der Waals surface area contributed by atoms with E-state index in [4.69, 9.17) is 4.74 Å². The van der Waals surface area contributed by atoms with Gasteiger partial charge in [0.2, 0.25) is 0 Å². The summed E-state index contributed by atoms with van der Waals surface area (Å²) < 4.78 is 21.3. The molecule has 25 heavy (non-hydrogen) atoms. The van der Waals surface area contributed by atoms with Crippen LogP contribution in [0.1, 0.15) is 29.6 Å². The zero-order chi connectivity index (χ0) is 17.1. The largest absolute Gasteiger partial charge is 0.490 e. The van der Waals surface area contributed by atoms with E-state index in [2.05, 4.69) is 32.3 Å². The molecule has 0 spiro atoms. The number of nitrogens with zero attached hydrogens (tertiary/aromatic N) is 3. The van der Waals surface area contributed by atoms with Gasteiger partial charge in [-0.25, -0.2) is 4.39 Å². The molecule has 2 heterocycles. The minimum atomic E-state index is -0.327. The van der Waals surface area contributed by atoms with Gasteiger partial charge in [-0.05, 0) is 36.4 Å². The average molecular weight is 375 g/mol. The maximum Gasteiger partial charge on any atom is 0.191 e. The van der Waals surface area contributed by atoms with Gasteiger partial charge in [-0.15, -0.1) is 21.5 Å². The van der Waals surface area contributed by atoms with Crippen LogP contribution in [0.4, 0.5) is 4.39 Å². The Kier molecular flexibility index (Phi) is 5.03. The Balaban J connectivity index is 1.37. The third kappa shape index (κ3) is 4.04. The Bertz CT molecular complexity index is 831. The van der Waals surface area contributed by atoms with E-state index >= 15 is 0 Å². The molecular formula is C18H18FN3OS2. The molecule has 7 heteroatoms. The molecule has 0 radical (unpaired) electrons. The monoisotopic (exact) mass is 375 g/mol. The molecule has 0 amide bonds. The molecule has 1 aliphatic rings. The maximum atomic E-state index is 13.5. The zero-order valence-electron chi connectivity index (χ0n) is 13.6. The van der Waals surface area contributed by atoms with Crippen molar-refractivity contribution in [3.05, 3.63) is 58.3 Å². The first-order valence-corrected chi connectivity index (χ1v) is 10.1. The van der Waals surface area contributed by atoms with E-state index in [1.165, 1.54) is 23.8 Å². The Hall–Kier alpha value is -1.86. The third-order valence-electron chi connectivity index (χ3n) is 3.97. The Labute approximate surface area is 154 Å². The molecule has 0 N–H and O–H groups in total. The summed E-state index contributed by atoms with van der Waals surface area (Å²) >= 11 is 3.36. The second-order valence-electron chi connectivity index (χ2n) is 5.88. The van der Waals surface area contributed by atoms with Crippen LogP contribution in [0.3, 0.4) is 0 Å². The van der Waals surface area contributed by atoms with Gasteiger partial charge in [0, 0.05) is 23.1 Å². The molecule has 0 saturated heterocycles. The molecule has 1 saturated carbocycles. The lowest BCUT2D eigenvalue weighted by Crippen LogP contribution is -2.06. The van der Waals surface area contributed by atoms with Gasteiger partial charge >= 0.3 is 0 Å². The zero-order valence-corrected chi connectivity index (χ0v) is 15.2. The van der Waals surface area contributed by atoms with Crippen molar-refractivity contribution in [2.24, 2.45) is 0 Å². The van der Waals surface area contributed by atoms with Crippen LogP contribution in [0.5, 0.6) is 5.75 Å². The van der Waals surface area contributed by atoms with Gasteiger partial charge in [0.25, 0.3) is 0 Å². The number of thioether (sulfide) groups is 1. The number of benzene rings is 1. The molecule has 1 aliphatic carbocycles. The molecule has 0 aliphatic heterocycles. The number of hydrogen-bond donors (Lipinski definition) is 0. The summed E-state index contributed by atoms with van der Waals surface area (Å²) in [4.78, 5) is 1.30. The van der Waals surface area contributed by atoms with Gasteiger partial charge < -0.3 is 9.30 Å². The first-order chi connectivity index (χ1) is 12.3.